The van der Waals surface area contributed by atoms with Gasteiger partial charge in [0, 0.05) is 45.1 Å². The first-order valence-corrected chi connectivity index (χ1v) is 11.5. The number of aromatic amines is 1. The lowest BCUT2D eigenvalue weighted by Gasteiger charge is -2.15. The van der Waals surface area contributed by atoms with Crippen LogP contribution in [-0.4, -0.2) is 63.0 Å². The van der Waals surface area contributed by atoms with Crippen LogP contribution in [0.3, 0.4) is 0 Å². The van der Waals surface area contributed by atoms with Crippen LogP contribution in [0.2, 0.25) is 0 Å². The second-order valence-corrected chi connectivity index (χ2v) is 8.53. The van der Waals surface area contributed by atoms with E-state index in [1.807, 2.05) is 55.9 Å². The lowest BCUT2D eigenvalue weighted by molar-refractivity contribution is 0.0791. The van der Waals surface area contributed by atoms with Crippen LogP contribution in [0.25, 0.3) is 22.6 Å². The third-order valence-corrected chi connectivity index (χ3v) is 6.42. The number of amides is 1. The van der Waals surface area contributed by atoms with Crippen LogP contribution < -0.4 is 5.56 Å². The fourth-order valence-corrected chi connectivity index (χ4v) is 4.40. The number of hydrogen-bond acceptors (Lipinski definition) is 6. The summed E-state index contributed by atoms with van der Waals surface area (Å²) in [4.78, 5) is 36.9. The summed E-state index contributed by atoms with van der Waals surface area (Å²) < 4.78 is 5.49. The average Bonchev–Trinajstić information content (AvgIpc) is 3.58. The normalized spacial score (nSPS) is 13.4. The van der Waals surface area contributed by atoms with Crippen molar-refractivity contribution in [3.8, 4) is 11.4 Å². The van der Waals surface area contributed by atoms with Crippen molar-refractivity contribution in [2.24, 2.45) is 14.1 Å². The third-order valence-electron chi connectivity index (χ3n) is 6.42. The van der Waals surface area contributed by atoms with Crippen LogP contribution in [-0.2, 0) is 20.6 Å². The van der Waals surface area contributed by atoms with Gasteiger partial charge in [0.25, 0.3) is 11.5 Å². The van der Waals surface area contributed by atoms with Crippen LogP contribution in [0.1, 0.15) is 47.2 Å². The predicted octanol–water partition coefficient (Wildman–Crippen LogP) is 2.12. The number of aromatic nitrogens is 8. The summed E-state index contributed by atoms with van der Waals surface area (Å²) in [5.74, 6) is 0.854. The van der Waals surface area contributed by atoms with E-state index in [4.69, 9.17) is 0 Å². The smallest absolute Gasteiger partial charge is 0.278 e. The number of H-pyrrole nitrogens is 1. The Morgan fingerprint density at radius 3 is 2.38 bits per heavy atom. The molecular weight excluding hydrogens is 434 g/mol. The van der Waals surface area contributed by atoms with Crippen LogP contribution in [0.5, 0.6) is 0 Å². The largest absolute Gasteiger partial charge is 0.339 e. The van der Waals surface area contributed by atoms with E-state index in [-0.39, 0.29) is 11.5 Å². The average molecular weight is 466 g/mol. The lowest BCUT2D eigenvalue weighted by Crippen LogP contribution is -2.28. The number of nitrogens with zero attached hydrogens (tertiary/aromatic N) is 8. The second-order valence-electron chi connectivity index (χ2n) is 8.53. The van der Waals surface area contributed by atoms with Crippen molar-refractivity contribution in [1.29, 1.82) is 0 Å². The SMILES string of the molecule is CCn1ncc(-c2nc3c(=O)[nH]cnc3n2C)c1C.Cc1nn(C)c(C)c1C(=O)N1CCCC1. The first kappa shape index (κ1) is 23.4. The molecule has 0 radical (unpaired) electrons. The third kappa shape index (κ3) is 4.02. The summed E-state index contributed by atoms with van der Waals surface area (Å²) in [6.45, 7) is 10.5. The number of hydrogen-bond donors (Lipinski definition) is 1. The van der Waals surface area contributed by atoms with E-state index in [2.05, 4.69) is 25.1 Å². The molecule has 4 aromatic heterocycles. The molecule has 0 aliphatic carbocycles. The van der Waals surface area contributed by atoms with Gasteiger partial charge in [-0.1, -0.05) is 0 Å². The number of likely N-dealkylation sites (tertiary alicyclic amines) is 1. The Hall–Kier alpha value is -3.76. The minimum atomic E-state index is -0.229. The van der Waals surface area contributed by atoms with Crippen molar-refractivity contribution in [2.45, 2.75) is 47.1 Å². The molecule has 0 aromatic carbocycles. The number of aryl methyl sites for hydroxylation is 4. The predicted molar refractivity (Wildman–Crippen MR) is 129 cm³/mol. The van der Waals surface area contributed by atoms with Gasteiger partial charge in [-0.15, -0.1) is 0 Å². The highest BCUT2D eigenvalue weighted by molar-refractivity contribution is 5.96. The van der Waals surface area contributed by atoms with Gasteiger partial charge in [-0.2, -0.15) is 10.2 Å². The molecule has 1 saturated heterocycles. The molecule has 5 heterocycles. The summed E-state index contributed by atoms with van der Waals surface area (Å²) in [6.07, 6.45) is 5.42. The number of fused-ring (bicyclic) bond motifs is 1. The van der Waals surface area contributed by atoms with Gasteiger partial charge in [0.15, 0.2) is 11.2 Å². The quantitative estimate of drug-likeness (QED) is 0.495. The van der Waals surface area contributed by atoms with Gasteiger partial charge in [0.1, 0.15) is 5.82 Å². The molecule has 0 bridgehead atoms. The first-order valence-electron chi connectivity index (χ1n) is 11.5. The molecular formula is C23H31N9O2. The standard InChI is InChI=1S/C12H14N6O.C11H17N3O/c1-4-18-7(2)8(5-15-18)10-16-9-11(17(10)3)13-6-14-12(9)19;1-8-10(9(2)13(3)12-8)11(15)14-6-4-5-7-14/h5-6H,4H2,1-3H3,(H,13,14,19);4-7H2,1-3H3. The molecule has 0 unspecified atom stereocenters. The summed E-state index contributed by atoms with van der Waals surface area (Å²) in [5.41, 5.74) is 5.23. The fraction of sp³-hybridized carbons (Fsp3) is 0.478. The molecule has 11 nitrogen and oxygen atoms in total. The minimum absolute atomic E-state index is 0.149. The molecule has 1 aliphatic rings. The highest BCUT2D eigenvalue weighted by Crippen LogP contribution is 2.23. The maximum atomic E-state index is 12.2. The van der Waals surface area contributed by atoms with Crippen LogP contribution >= 0.6 is 0 Å². The Morgan fingerprint density at radius 1 is 1.12 bits per heavy atom. The summed E-state index contributed by atoms with van der Waals surface area (Å²) in [6, 6.07) is 0. The van der Waals surface area contributed by atoms with Crippen molar-refractivity contribution in [1.82, 2.24) is 44.0 Å². The molecule has 5 rings (SSSR count). The molecule has 0 saturated carbocycles. The van der Waals surface area contributed by atoms with Gasteiger partial charge in [-0.3, -0.25) is 19.0 Å². The van der Waals surface area contributed by atoms with Gasteiger partial charge in [0.2, 0.25) is 0 Å². The summed E-state index contributed by atoms with van der Waals surface area (Å²) >= 11 is 0. The Labute approximate surface area is 197 Å². The fourth-order valence-electron chi connectivity index (χ4n) is 4.40. The zero-order chi connectivity index (χ0) is 24.6. The summed E-state index contributed by atoms with van der Waals surface area (Å²) in [5, 5.41) is 8.57. The molecule has 1 aliphatic heterocycles. The van der Waals surface area contributed by atoms with Gasteiger partial charge < -0.3 is 14.5 Å². The van der Waals surface area contributed by atoms with Crippen molar-refractivity contribution >= 4 is 17.1 Å². The van der Waals surface area contributed by atoms with Crippen molar-refractivity contribution in [3.05, 3.63) is 45.5 Å². The van der Waals surface area contributed by atoms with Gasteiger partial charge >= 0.3 is 0 Å². The van der Waals surface area contributed by atoms with Crippen LogP contribution in [0, 0.1) is 20.8 Å². The highest BCUT2D eigenvalue weighted by Gasteiger charge is 2.24. The maximum Gasteiger partial charge on any atom is 0.278 e. The van der Waals surface area contributed by atoms with Crippen LogP contribution in [0.15, 0.2) is 17.3 Å². The van der Waals surface area contributed by atoms with E-state index in [0.29, 0.717) is 17.0 Å². The van der Waals surface area contributed by atoms with E-state index >= 15 is 0 Å². The second kappa shape index (κ2) is 9.24. The maximum absolute atomic E-state index is 12.2. The number of carbonyl (C=O) groups is 1. The minimum Gasteiger partial charge on any atom is -0.339 e. The Kier molecular flexibility index (Phi) is 6.36. The molecule has 1 fully saturated rings. The van der Waals surface area contributed by atoms with E-state index < -0.39 is 0 Å². The molecule has 34 heavy (non-hydrogen) atoms. The van der Waals surface area contributed by atoms with Crippen molar-refractivity contribution in [2.75, 3.05) is 13.1 Å². The van der Waals surface area contributed by atoms with E-state index in [1.54, 1.807) is 10.9 Å². The molecule has 1 amide bonds. The van der Waals surface area contributed by atoms with Crippen molar-refractivity contribution < 1.29 is 4.79 Å². The van der Waals surface area contributed by atoms with E-state index in [1.165, 1.54) is 6.33 Å². The lowest BCUT2D eigenvalue weighted by atomic mass is 10.2. The van der Waals surface area contributed by atoms with Gasteiger partial charge in [-0.25, -0.2) is 9.97 Å². The highest BCUT2D eigenvalue weighted by atomic mass is 16.2. The molecule has 180 valence electrons. The van der Waals surface area contributed by atoms with Gasteiger partial charge in [-0.05, 0) is 40.5 Å². The van der Waals surface area contributed by atoms with E-state index in [0.717, 1.165) is 60.7 Å². The first-order chi connectivity index (χ1) is 16.2. The Bertz CT molecular complexity index is 1400. The van der Waals surface area contributed by atoms with Gasteiger partial charge in [0.05, 0.1) is 29.3 Å². The number of nitrogens with one attached hydrogen (secondary N) is 1. The van der Waals surface area contributed by atoms with Crippen LogP contribution in [0.4, 0.5) is 0 Å². The zero-order valence-electron chi connectivity index (χ0n) is 20.6. The number of carbonyl (C=O) groups excluding carboxylic acids is 1. The topological polar surface area (TPSA) is 120 Å². The number of rotatable bonds is 3. The Balaban J connectivity index is 0.000000166. The molecule has 0 atom stereocenters. The Morgan fingerprint density at radius 2 is 1.82 bits per heavy atom. The van der Waals surface area contributed by atoms with E-state index in [9.17, 15) is 9.59 Å². The number of imidazole rings is 1. The summed E-state index contributed by atoms with van der Waals surface area (Å²) in [7, 11) is 3.73. The molecule has 0 spiro atoms. The molecule has 4 aromatic rings. The monoisotopic (exact) mass is 465 g/mol. The molecule has 11 heteroatoms. The zero-order valence-corrected chi connectivity index (χ0v) is 20.6. The molecule has 1 N–H and O–H groups in total. The van der Waals surface area contributed by atoms with Crippen molar-refractivity contribution in [3.63, 3.8) is 0 Å².